The largest absolute Gasteiger partial charge is 0.335 e. The predicted molar refractivity (Wildman–Crippen MR) is 78.9 cm³/mol. The number of sulfone groups is 1. The third kappa shape index (κ3) is 2.59. The van der Waals surface area contributed by atoms with Gasteiger partial charge >= 0.3 is 0 Å². The second kappa shape index (κ2) is 5.44. The monoisotopic (exact) mass is 311 g/mol. The van der Waals surface area contributed by atoms with Crippen LogP contribution in [0.4, 0.5) is 0 Å². The fourth-order valence-corrected chi connectivity index (χ4v) is 4.44. The molecule has 1 aromatic rings. The molecule has 116 valence electrons. The van der Waals surface area contributed by atoms with Crippen molar-refractivity contribution in [2.24, 2.45) is 0 Å². The molecule has 2 fully saturated rings. The number of hydrogen-bond donors (Lipinski definition) is 0. The van der Waals surface area contributed by atoms with E-state index in [1.807, 2.05) is 4.68 Å². The van der Waals surface area contributed by atoms with E-state index in [1.54, 1.807) is 24.1 Å². The number of likely N-dealkylation sites (tertiary alicyclic amines) is 1. The van der Waals surface area contributed by atoms with Gasteiger partial charge in [0.25, 0.3) is 5.91 Å². The topological polar surface area (TPSA) is 72.3 Å². The smallest absolute Gasteiger partial charge is 0.272 e. The zero-order valence-electron chi connectivity index (χ0n) is 12.2. The van der Waals surface area contributed by atoms with Gasteiger partial charge in [-0.1, -0.05) is 19.8 Å². The lowest BCUT2D eigenvalue weighted by molar-refractivity contribution is 0.0643. The summed E-state index contributed by atoms with van der Waals surface area (Å²) < 4.78 is 25.3. The normalized spacial score (nSPS) is 20.7. The Labute approximate surface area is 125 Å². The minimum Gasteiger partial charge on any atom is -0.335 e. The van der Waals surface area contributed by atoms with Gasteiger partial charge in [0, 0.05) is 25.0 Å². The fraction of sp³-hybridized carbons (Fsp3) is 0.714. The molecule has 1 aromatic heterocycles. The molecule has 6 nitrogen and oxygen atoms in total. The number of aromatic nitrogens is 2. The van der Waals surface area contributed by atoms with Crippen LogP contribution in [0.25, 0.3) is 0 Å². The quantitative estimate of drug-likeness (QED) is 0.839. The maximum absolute atomic E-state index is 12.5. The standard InChI is InChI=1S/C14H21N3O3S/c1-2-21(19,20)12-9-16(10-12)14(18)13-7-8-15-17(13)11-5-3-4-6-11/h7-8,11-12H,2-6,9-10H2,1H3. The van der Waals surface area contributed by atoms with E-state index in [1.165, 1.54) is 12.8 Å². The summed E-state index contributed by atoms with van der Waals surface area (Å²) in [5, 5.41) is 3.90. The number of carbonyl (C=O) groups is 1. The first-order chi connectivity index (χ1) is 10.0. The van der Waals surface area contributed by atoms with Crippen LogP contribution in [0.2, 0.25) is 0 Å². The molecule has 1 aliphatic carbocycles. The number of hydrogen-bond acceptors (Lipinski definition) is 4. The molecule has 0 spiro atoms. The van der Waals surface area contributed by atoms with Crippen LogP contribution in [-0.4, -0.2) is 53.1 Å². The van der Waals surface area contributed by atoms with Gasteiger partial charge in [0.15, 0.2) is 9.84 Å². The highest BCUT2D eigenvalue weighted by Gasteiger charge is 2.40. The minimum atomic E-state index is -3.04. The maximum atomic E-state index is 12.5. The van der Waals surface area contributed by atoms with E-state index in [0.29, 0.717) is 24.8 Å². The molecule has 1 saturated carbocycles. The predicted octanol–water partition coefficient (Wildman–Crippen LogP) is 1.26. The highest BCUT2D eigenvalue weighted by atomic mass is 32.2. The van der Waals surface area contributed by atoms with Gasteiger partial charge in [0.05, 0.1) is 11.3 Å². The van der Waals surface area contributed by atoms with E-state index in [-0.39, 0.29) is 11.7 Å². The maximum Gasteiger partial charge on any atom is 0.272 e. The van der Waals surface area contributed by atoms with Gasteiger partial charge in [-0.25, -0.2) is 8.42 Å². The first kappa shape index (κ1) is 14.6. The van der Waals surface area contributed by atoms with Crippen molar-refractivity contribution in [2.75, 3.05) is 18.8 Å². The Hall–Kier alpha value is -1.37. The number of nitrogens with zero attached hydrogens (tertiary/aromatic N) is 3. The fourth-order valence-electron chi connectivity index (χ4n) is 3.15. The minimum absolute atomic E-state index is 0.0954. The average Bonchev–Trinajstić information content (AvgIpc) is 3.06. The zero-order valence-corrected chi connectivity index (χ0v) is 13.1. The molecule has 0 atom stereocenters. The van der Waals surface area contributed by atoms with Gasteiger partial charge in [0.2, 0.25) is 0 Å². The molecule has 3 rings (SSSR count). The summed E-state index contributed by atoms with van der Waals surface area (Å²) in [6.45, 7) is 2.27. The second-order valence-corrected chi connectivity index (χ2v) is 8.45. The van der Waals surface area contributed by atoms with E-state index < -0.39 is 15.1 Å². The Kier molecular flexibility index (Phi) is 3.77. The molecular formula is C14H21N3O3S. The summed E-state index contributed by atoms with van der Waals surface area (Å²) >= 11 is 0. The molecule has 1 aliphatic heterocycles. The van der Waals surface area contributed by atoms with Crippen LogP contribution >= 0.6 is 0 Å². The summed E-state index contributed by atoms with van der Waals surface area (Å²) in [5.41, 5.74) is 0.592. The molecule has 2 aliphatic rings. The molecule has 1 amide bonds. The lowest BCUT2D eigenvalue weighted by Gasteiger charge is -2.38. The Bertz CT molecular complexity index is 626. The first-order valence-corrected chi connectivity index (χ1v) is 9.29. The van der Waals surface area contributed by atoms with Gasteiger partial charge in [-0.3, -0.25) is 9.48 Å². The van der Waals surface area contributed by atoms with Crippen molar-refractivity contribution in [1.82, 2.24) is 14.7 Å². The molecule has 0 aromatic carbocycles. The number of carbonyl (C=O) groups excluding carboxylic acids is 1. The Morgan fingerprint density at radius 1 is 1.33 bits per heavy atom. The average molecular weight is 311 g/mol. The molecule has 0 N–H and O–H groups in total. The third-order valence-electron chi connectivity index (χ3n) is 4.61. The van der Waals surface area contributed by atoms with Gasteiger partial charge in [-0.2, -0.15) is 5.10 Å². The summed E-state index contributed by atoms with van der Waals surface area (Å²) in [4.78, 5) is 14.1. The van der Waals surface area contributed by atoms with Crippen molar-refractivity contribution in [3.05, 3.63) is 18.0 Å². The van der Waals surface area contributed by atoms with Crippen LogP contribution < -0.4 is 0 Å². The summed E-state index contributed by atoms with van der Waals surface area (Å²) in [6, 6.07) is 2.05. The van der Waals surface area contributed by atoms with Crippen LogP contribution in [0.15, 0.2) is 12.3 Å². The molecule has 7 heteroatoms. The van der Waals surface area contributed by atoms with Crippen LogP contribution in [0.3, 0.4) is 0 Å². The van der Waals surface area contributed by atoms with Crippen molar-refractivity contribution in [2.45, 2.75) is 43.9 Å². The van der Waals surface area contributed by atoms with Crippen molar-refractivity contribution < 1.29 is 13.2 Å². The van der Waals surface area contributed by atoms with Crippen molar-refractivity contribution in [3.8, 4) is 0 Å². The van der Waals surface area contributed by atoms with E-state index >= 15 is 0 Å². The van der Waals surface area contributed by atoms with E-state index in [0.717, 1.165) is 12.8 Å². The lowest BCUT2D eigenvalue weighted by atomic mass is 10.2. The number of rotatable bonds is 4. The molecule has 0 radical (unpaired) electrons. The van der Waals surface area contributed by atoms with Crippen LogP contribution in [0.5, 0.6) is 0 Å². The van der Waals surface area contributed by atoms with Gasteiger partial charge < -0.3 is 4.90 Å². The van der Waals surface area contributed by atoms with E-state index in [4.69, 9.17) is 0 Å². The van der Waals surface area contributed by atoms with Gasteiger partial charge in [0.1, 0.15) is 5.69 Å². The molecule has 0 unspecified atom stereocenters. The first-order valence-electron chi connectivity index (χ1n) is 7.57. The third-order valence-corrected chi connectivity index (χ3v) is 6.72. The van der Waals surface area contributed by atoms with Crippen LogP contribution in [0.1, 0.15) is 49.1 Å². The Balaban J connectivity index is 1.69. The lowest BCUT2D eigenvalue weighted by Crippen LogP contribution is -2.57. The summed E-state index contributed by atoms with van der Waals surface area (Å²) in [5.74, 6) is 0.0432. The van der Waals surface area contributed by atoms with E-state index in [2.05, 4.69) is 5.10 Å². The van der Waals surface area contributed by atoms with Gasteiger partial charge in [-0.15, -0.1) is 0 Å². The van der Waals surface area contributed by atoms with Crippen molar-refractivity contribution in [1.29, 1.82) is 0 Å². The number of amides is 1. The molecule has 1 saturated heterocycles. The highest BCUT2D eigenvalue weighted by molar-refractivity contribution is 7.92. The highest BCUT2D eigenvalue weighted by Crippen LogP contribution is 2.30. The summed E-state index contributed by atoms with van der Waals surface area (Å²) in [6.07, 6.45) is 6.15. The van der Waals surface area contributed by atoms with Crippen LogP contribution in [-0.2, 0) is 9.84 Å². The molecular weight excluding hydrogens is 290 g/mol. The SMILES string of the molecule is CCS(=O)(=O)C1CN(C(=O)c2ccnn2C2CCCC2)C1. The molecule has 0 bridgehead atoms. The summed E-state index contributed by atoms with van der Waals surface area (Å²) in [7, 11) is -3.04. The molecule has 21 heavy (non-hydrogen) atoms. The Morgan fingerprint density at radius 2 is 2.00 bits per heavy atom. The van der Waals surface area contributed by atoms with Crippen LogP contribution in [0, 0.1) is 0 Å². The van der Waals surface area contributed by atoms with Gasteiger partial charge in [-0.05, 0) is 18.9 Å². The Morgan fingerprint density at radius 3 is 2.62 bits per heavy atom. The zero-order chi connectivity index (χ0) is 15.0. The van der Waals surface area contributed by atoms with E-state index in [9.17, 15) is 13.2 Å². The second-order valence-electron chi connectivity index (χ2n) is 5.88. The van der Waals surface area contributed by atoms with Crippen molar-refractivity contribution in [3.63, 3.8) is 0 Å². The van der Waals surface area contributed by atoms with Crippen molar-refractivity contribution >= 4 is 15.7 Å². The molecule has 2 heterocycles.